The first-order chi connectivity index (χ1) is 15.1. The lowest BCUT2D eigenvalue weighted by Gasteiger charge is -2.17. The van der Waals surface area contributed by atoms with Gasteiger partial charge in [-0.3, -0.25) is 4.18 Å². The smallest absolute Gasteiger partial charge is 0.377 e. The Morgan fingerprint density at radius 1 is 1.03 bits per heavy atom. The maximum Gasteiger partial charge on any atom is 0.377 e. The molecule has 32 heavy (non-hydrogen) atoms. The Morgan fingerprint density at radius 3 is 2.03 bits per heavy atom. The molecule has 12 heteroatoms. The summed E-state index contributed by atoms with van der Waals surface area (Å²) in [6, 6.07) is 12.7. The van der Waals surface area contributed by atoms with E-state index in [0.29, 0.717) is 11.4 Å². The van der Waals surface area contributed by atoms with E-state index >= 15 is 0 Å². The number of hydrogen-bond acceptors (Lipinski definition) is 11. The predicted octanol–water partition coefficient (Wildman–Crippen LogP) is 2.49. The average Bonchev–Trinajstić information content (AvgIpc) is 3.04. The molecule has 1 unspecified atom stereocenters. The van der Waals surface area contributed by atoms with Crippen LogP contribution in [0, 0.1) is 0 Å². The summed E-state index contributed by atoms with van der Waals surface area (Å²) in [5, 5.41) is 36.9. The molecule has 2 atom stereocenters. The van der Waals surface area contributed by atoms with Crippen LogP contribution in [0.1, 0.15) is 0 Å². The number of nitrogens with zero attached hydrogens (tertiary/aromatic N) is 3. The van der Waals surface area contributed by atoms with Crippen LogP contribution in [0.15, 0.2) is 75.2 Å². The highest BCUT2D eigenvalue weighted by Crippen LogP contribution is 2.25. The highest BCUT2D eigenvalue weighted by atomic mass is 32.2. The zero-order valence-electron chi connectivity index (χ0n) is 17.1. The van der Waals surface area contributed by atoms with Crippen molar-refractivity contribution in [2.75, 3.05) is 25.6 Å². The van der Waals surface area contributed by atoms with Gasteiger partial charge in [0.15, 0.2) is 11.9 Å². The maximum atomic E-state index is 12.3. The number of carbonyl (C=O) groups excluding carboxylic acids is 1. The monoisotopic (exact) mass is 463 g/mol. The Bertz CT molecular complexity index is 1140. The number of aliphatic hydroxyl groups excluding tert-OH is 3. The molecule has 0 aromatic heterocycles. The van der Waals surface area contributed by atoms with Gasteiger partial charge in [-0.15, -0.1) is 0 Å². The summed E-state index contributed by atoms with van der Waals surface area (Å²) in [6.07, 6.45) is -3.34. The Hall–Kier alpha value is -3.48. The molecule has 3 rings (SSSR count). The van der Waals surface area contributed by atoms with Gasteiger partial charge in [0, 0.05) is 19.8 Å². The Labute approximate surface area is 184 Å². The van der Waals surface area contributed by atoms with Gasteiger partial charge in [-0.1, -0.05) is 0 Å². The minimum Gasteiger partial charge on any atom is -0.505 e. The van der Waals surface area contributed by atoms with Gasteiger partial charge < -0.3 is 25.0 Å². The van der Waals surface area contributed by atoms with E-state index in [1.165, 1.54) is 24.3 Å². The number of carbonyl (C=O) groups is 1. The van der Waals surface area contributed by atoms with Gasteiger partial charge in [0.05, 0.1) is 22.9 Å². The van der Waals surface area contributed by atoms with Crippen LogP contribution in [-0.2, 0) is 23.8 Å². The number of hydrogen-bond donors (Lipinski definition) is 3. The molecule has 0 bridgehead atoms. The maximum absolute atomic E-state index is 12.3. The van der Waals surface area contributed by atoms with Crippen LogP contribution >= 0.6 is 0 Å². The van der Waals surface area contributed by atoms with Gasteiger partial charge in [-0.25, -0.2) is 4.79 Å². The van der Waals surface area contributed by atoms with Crippen LogP contribution in [0.3, 0.4) is 0 Å². The van der Waals surface area contributed by atoms with Gasteiger partial charge >= 0.3 is 5.97 Å². The van der Waals surface area contributed by atoms with E-state index in [9.17, 15) is 28.5 Å². The molecule has 0 radical (unpaired) electrons. The second-order valence-corrected chi connectivity index (χ2v) is 8.59. The fourth-order valence-electron chi connectivity index (χ4n) is 2.65. The average molecular weight is 463 g/mol. The van der Waals surface area contributed by atoms with Gasteiger partial charge in [-0.2, -0.15) is 18.6 Å². The Morgan fingerprint density at radius 2 is 1.56 bits per heavy atom. The van der Waals surface area contributed by atoms with Gasteiger partial charge in [0.25, 0.3) is 10.1 Å². The van der Waals surface area contributed by atoms with Crippen molar-refractivity contribution in [3.8, 4) is 0 Å². The lowest BCUT2D eigenvalue weighted by molar-refractivity contribution is -0.147. The summed E-state index contributed by atoms with van der Waals surface area (Å²) >= 11 is 0. The fourth-order valence-corrected chi connectivity index (χ4v) is 3.58. The first-order valence-corrected chi connectivity index (χ1v) is 10.7. The van der Waals surface area contributed by atoms with E-state index in [1.54, 1.807) is 12.1 Å². The first-order valence-electron chi connectivity index (χ1n) is 9.28. The molecule has 11 nitrogen and oxygen atoms in total. The predicted molar refractivity (Wildman–Crippen MR) is 113 cm³/mol. The molecule has 1 aliphatic heterocycles. The summed E-state index contributed by atoms with van der Waals surface area (Å²) in [5.74, 6) is -3.17. The second kappa shape index (κ2) is 9.34. The summed E-state index contributed by atoms with van der Waals surface area (Å²) in [5.41, 5.74) is 2.04. The van der Waals surface area contributed by atoms with Crippen LogP contribution in [0.5, 0.6) is 0 Å². The van der Waals surface area contributed by atoms with E-state index < -0.39 is 46.4 Å². The Kier molecular flexibility index (Phi) is 6.77. The zero-order chi connectivity index (χ0) is 23.5. The van der Waals surface area contributed by atoms with Crippen LogP contribution in [0.4, 0.5) is 17.1 Å². The number of azo groups is 1. The highest BCUT2D eigenvalue weighted by molar-refractivity contribution is 7.86. The molecule has 170 valence electrons. The van der Waals surface area contributed by atoms with Crippen molar-refractivity contribution in [3.05, 3.63) is 60.0 Å². The number of benzene rings is 2. The molecule has 1 aliphatic rings. The number of esters is 1. The van der Waals surface area contributed by atoms with Crippen molar-refractivity contribution >= 4 is 33.1 Å². The second-order valence-electron chi connectivity index (χ2n) is 6.97. The summed E-state index contributed by atoms with van der Waals surface area (Å²) < 4.78 is 34.0. The molecule has 0 spiro atoms. The molecule has 2 aromatic carbocycles. The third kappa shape index (κ3) is 5.22. The van der Waals surface area contributed by atoms with Crippen LogP contribution in [-0.4, -0.2) is 62.6 Å². The number of ether oxygens (including phenoxy) is 1. The third-order valence-electron chi connectivity index (χ3n) is 4.46. The van der Waals surface area contributed by atoms with E-state index in [2.05, 4.69) is 15.0 Å². The van der Waals surface area contributed by atoms with Crippen molar-refractivity contribution in [1.82, 2.24) is 0 Å². The van der Waals surface area contributed by atoms with Gasteiger partial charge in [-0.05, 0) is 48.5 Å². The minimum atomic E-state index is -4.26. The minimum absolute atomic E-state index is 0.204. The SMILES string of the molecule is CN(C)c1ccc(N=Nc2ccc(S(=O)(=O)OC[C@@H](O)C3OC(=O)C(O)=C3O)cc2)cc1. The van der Waals surface area contributed by atoms with Crippen molar-refractivity contribution in [2.45, 2.75) is 17.1 Å². The molecule has 2 aromatic rings. The standard InChI is InChI=1S/C20H21N3O8S/c1-23(2)14-7-3-12(4-8-14)21-22-13-5-9-15(10-6-13)32(28,29)30-11-16(24)19-17(25)18(26)20(27)31-19/h3-10,16,19,24-26H,11H2,1-2H3/t16-,19?/m1/s1. The number of anilines is 1. The Balaban J connectivity index is 1.61. The largest absolute Gasteiger partial charge is 0.505 e. The molecule has 0 fully saturated rings. The zero-order valence-corrected chi connectivity index (χ0v) is 17.9. The summed E-state index contributed by atoms with van der Waals surface area (Å²) in [4.78, 5) is 12.9. The summed E-state index contributed by atoms with van der Waals surface area (Å²) in [6.45, 7) is -0.817. The molecule has 0 saturated heterocycles. The van der Waals surface area contributed by atoms with E-state index in [-0.39, 0.29) is 4.90 Å². The van der Waals surface area contributed by atoms with Gasteiger partial charge in [0.1, 0.15) is 6.10 Å². The lowest BCUT2D eigenvalue weighted by Crippen LogP contribution is -2.33. The normalized spacial score (nSPS) is 17.6. The quantitative estimate of drug-likeness (QED) is 0.304. The topological polar surface area (TPSA) is 158 Å². The number of rotatable bonds is 8. The van der Waals surface area contributed by atoms with Crippen molar-refractivity contribution < 1.29 is 37.5 Å². The molecule has 0 amide bonds. The van der Waals surface area contributed by atoms with Crippen molar-refractivity contribution in [3.63, 3.8) is 0 Å². The summed E-state index contributed by atoms with van der Waals surface area (Å²) in [7, 11) is -0.419. The number of cyclic esters (lactones) is 1. The van der Waals surface area contributed by atoms with Crippen LogP contribution in [0.25, 0.3) is 0 Å². The molecular formula is C20H21N3O8S. The van der Waals surface area contributed by atoms with Crippen molar-refractivity contribution in [2.24, 2.45) is 10.2 Å². The first kappa shape index (κ1) is 23.2. The lowest BCUT2D eigenvalue weighted by atomic mass is 10.2. The van der Waals surface area contributed by atoms with E-state index in [0.717, 1.165) is 5.69 Å². The molecular weight excluding hydrogens is 442 g/mol. The van der Waals surface area contributed by atoms with Crippen LogP contribution in [0.2, 0.25) is 0 Å². The van der Waals surface area contributed by atoms with Crippen molar-refractivity contribution in [1.29, 1.82) is 0 Å². The van der Waals surface area contributed by atoms with Gasteiger partial charge in [0.2, 0.25) is 5.76 Å². The van der Waals surface area contributed by atoms with E-state index in [4.69, 9.17) is 4.18 Å². The van der Waals surface area contributed by atoms with E-state index in [1.807, 2.05) is 31.1 Å². The fraction of sp³-hybridized carbons (Fsp3) is 0.250. The molecule has 0 saturated carbocycles. The third-order valence-corrected chi connectivity index (χ3v) is 5.75. The molecule has 3 N–H and O–H groups in total. The number of aliphatic hydroxyl groups is 3. The van der Waals surface area contributed by atoms with Crippen LogP contribution < -0.4 is 4.90 Å². The molecule has 1 heterocycles. The molecule has 0 aliphatic carbocycles. The highest BCUT2D eigenvalue weighted by Gasteiger charge is 2.39.